The topological polar surface area (TPSA) is 29.9 Å². The molecule has 1 aliphatic rings. The predicted octanol–water partition coefficient (Wildman–Crippen LogP) is 7.28. The first-order valence-corrected chi connectivity index (χ1v) is 11.9. The van der Waals surface area contributed by atoms with Crippen LogP contribution in [0.25, 0.3) is 44.1 Å². The molecule has 0 radical (unpaired) electrons. The second kappa shape index (κ2) is 6.66. The van der Waals surface area contributed by atoms with Crippen LogP contribution in [0.4, 0.5) is 0 Å². The van der Waals surface area contributed by atoms with Gasteiger partial charge in [0.2, 0.25) is 5.69 Å². The first-order chi connectivity index (χ1) is 15.7. The smallest absolute Gasteiger partial charge is 0.220 e. The van der Waals surface area contributed by atoms with Gasteiger partial charge in [0.1, 0.15) is 18.2 Å². The minimum atomic E-state index is 0.0957. The molecule has 33 heavy (non-hydrogen) atoms. The Labute approximate surface area is 195 Å². The lowest BCUT2D eigenvalue weighted by Gasteiger charge is -2.41. The van der Waals surface area contributed by atoms with Crippen molar-refractivity contribution in [2.75, 3.05) is 0 Å². The van der Waals surface area contributed by atoms with E-state index < -0.39 is 0 Å². The van der Waals surface area contributed by atoms with Gasteiger partial charge >= 0.3 is 0 Å². The van der Waals surface area contributed by atoms with Crippen molar-refractivity contribution in [1.29, 1.82) is 0 Å². The highest BCUT2D eigenvalue weighted by Gasteiger charge is 2.43. The van der Waals surface area contributed by atoms with Crippen LogP contribution in [0.15, 0.2) is 59.3 Å². The molecule has 0 N–H and O–H groups in total. The number of hydrogen-bond donors (Lipinski definition) is 0. The highest BCUT2D eigenvalue weighted by Crippen LogP contribution is 2.50. The molecular formula is C30H31N2O+. The van der Waals surface area contributed by atoms with Gasteiger partial charge in [-0.15, -0.1) is 0 Å². The average Bonchev–Trinajstić information content (AvgIpc) is 3.13. The molecule has 0 bridgehead atoms. The molecule has 3 heterocycles. The van der Waals surface area contributed by atoms with Gasteiger partial charge in [-0.2, -0.15) is 0 Å². The number of hydrogen-bond acceptors (Lipinski definition) is 2. The van der Waals surface area contributed by atoms with E-state index in [-0.39, 0.29) is 10.8 Å². The normalized spacial score (nSPS) is 17.0. The number of aryl methyl sites for hydroxylation is 2. The maximum atomic E-state index is 6.64. The minimum Gasteiger partial charge on any atom is -0.455 e. The van der Waals surface area contributed by atoms with Crippen molar-refractivity contribution in [1.82, 2.24) is 4.98 Å². The van der Waals surface area contributed by atoms with Gasteiger partial charge in [-0.05, 0) is 53.9 Å². The predicted molar refractivity (Wildman–Crippen MR) is 136 cm³/mol. The highest BCUT2D eigenvalue weighted by atomic mass is 16.3. The number of nitrogens with zero attached hydrogens (tertiary/aromatic N) is 2. The van der Waals surface area contributed by atoms with Crippen LogP contribution in [0, 0.1) is 6.92 Å². The van der Waals surface area contributed by atoms with Crippen molar-refractivity contribution < 1.29 is 8.98 Å². The van der Waals surface area contributed by atoms with E-state index in [9.17, 15) is 0 Å². The molecule has 3 heteroatoms. The van der Waals surface area contributed by atoms with Gasteiger partial charge in [-0.25, -0.2) is 4.57 Å². The summed E-state index contributed by atoms with van der Waals surface area (Å²) in [5.74, 6) is 0. The molecule has 0 aliphatic heterocycles. The van der Waals surface area contributed by atoms with Gasteiger partial charge < -0.3 is 4.42 Å². The molecule has 1 aliphatic carbocycles. The van der Waals surface area contributed by atoms with E-state index >= 15 is 0 Å². The van der Waals surface area contributed by atoms with Gasteiger partial charge in [0, 0.05) is 40.1 Å². The van der Waals surface area contributed by atoms with E-state index in [1.54, 1.807) is 0 Å². The maximum Gasteiger partial charge on any atom is 0.220 e. The van der Waals surface area contributed by atoms with E-state index in [0.717, 1.165) is 27.5 Å². The van der Waals surface area contributed by atoms with Crippen molar-refractivity contribution in [3.8, 4) is 11.3 Å². The van der Waals surface area contributed by atoms with Crippen LogP contribution in [0.3, 0.4) is 0 Å². The summed E-state index contributed by atoms with van der Waals surface area (Å²) in [6.45, 7) is 11.8. The van der Waals surface area contributed by atoms with E-state index in [1.807, 2.05) is 12.3 Å². The molecule has 3 aromatic heterocycles. The Kier molecular flexibility index (Phi) is 4.12. The quantitative estimate of drug-likeness (QED) is 0.259. The van der Waals surface area contributed by atoms with Crippen molar-refractivity contribution >= 4 is 32.8 Å². The Bertz CT molecular complexity index is 1590. The molecule has 5 aromatic rings. The number of aromatic nitrogens is 2. The summed E-state index contributed by atoms with van der Waals surface area (Å²) >= 11 is 0. The third kappa shape index (κ3) is 2.88. The Hall–Kier alpha value is -3.20. The summed E-state index contributed by atoms with van der Waals surface area (Å²) in [6.07, 6.45) is 6.45. The van der Waals surface area contributed by atoms with Gasteiger partial charge in [0.25, 0.3) is 0 Å². The van der Waals surface area contributed by atoms with Crippen LogP contribution in [-0.4, -0.2) is 4.98 Å². The van der Waals surface area contributed by atoms with Crippen molar-refractivity contribution in [2.45, 2.75) is 58.3 Å². The molecule has 0 atom stereocenters. The molecule has 0 unspecified atom stereocenters. The van der Waals surface area contributed by atoms with Gasteiger partial charge in [-0.3, -0.25) is 4.98 Å². The fourth-order valence-electron chi connectivity index (χ4n) is 5.88. The molecule has 2 aromatic carbocycles. The first kappa shape index (κ1) is 20.4. The Balaban J connectivity index is 1.76. The summed E-state index contributed by atoms with van der Waals surface area (Å²) in [5.41, 5.74) is 9.77. The largest absolute Gasteiger partial charge is 0.455 e. The highest BCUT2D eigenvalue weighted by molar-refractivity contribution is 6.13. The zero-order valence-corrected chi connectivity index (χ0v) is 20.4. The lowest BCUT2D eigenvalue weighted by atomic mass is 9.62. The molecule has 166 valence electrons. The minimum absolute atomic E-state index is 0.0957. The zero-order valence-electron chi connectivity index (χ0n) is 20.4. The summed E-state index contributed by atoms with van der Waals surface area (Å²) in [6, 6.07) is 15.2. The molecule has 0 spiro atoms. The summed E-state index contributed by atoms with van der Waals surface area (Å²) in [4.78, 5) is 4.54. The molecule has 6 rings (SSSR count). The maximum absolute atomic E-state index is 6.64. The van der Waals surface area contributed by atoms with E-state index in [0.29, 0.717) is 0 Å². The Morgan fingerprint density at radius 3 is 2.55 bits per heavy atom. The molecular weight excluding hydrogens is 404 g/mol. The van der Waals surface area contributed by atoms with Crippen LogP contribution in [0.1, 0.15) is 57.2 Å². The average molecular weight is 436 g/mol. The Morgan fingerprint density at radius 1 is 0.939 bits per heavy atom. The third-order valence-electron chi connectivity index (χ3n) is 7.91. The second-order valence-electron chi connectivity index (χ2n) is 11.1. The lowest BCUT2D eigenvalue weighted by Crippen LogP contribution is -2.41. The molecule has 3 nitrogen and oxygen atoms in total. The van der Waals surface area contributed by atoms with Crippen molar-refractivity contribution in [3.63, 3.8) is 0 Å². The van der Waals surface area contributed by atoms with Gasteiger partial charge in [0.15, 0.2) is 6.20 Å². The number of benzene rings is 2. The third-order valence-corrected chi connectivity index (χ3v) is 7.91. The van der Waals surface area contributed by atoms with Crippen LogP contribution in [0.5, 0.6) is 0 Å². The Morgan fingerprint density at radius 2 is 1.73 bits per heavy atom. The monoisotopic (exact) mass is 435 g/mol. The van der Waals surface area contributed by atoms with Gasteiger partial charge in [0.05, 0.1) is 11.1 Å². The number of pyridine rings is 2. The first-order valence-electron chi connectivity index (χ1n) is 11.9. The van der Waals surface area contributed by atoms with Crippen LogP contribution in [0.2, 0.25) is 0 Å². The van der Waals surface area contributed by atoms with E-state index in [4.69, 9.17) is 4.42 Å². The second-order valence-corrected chi connectivity index (χ2v) is 11.1. The van der Waals surface area contributed by atoms with Gasteiger partial charge in [-0.1, -0.05) is 45.9 Å². The van der Waals surface area contributed by atoms with Crippen molar-refractivity contribution in [3.05, 3.63) is 71.5 Å². The summed E-state index contributed by atoms with van der Waals surface area (Å²) in [5, 5.41) is 3.46. The fraction of sp³-hybridized carbons (Fsp3) is 0.333. The fourth-order valence-corrected chi connectivity index (χ4v) is 5.88. The van der Waals surface area contributed by atoms with Crippen LogP contribution in [-0.2, 0) is 17.9 Å². The number of rotatable bonds is 1. The SMILES string of the molecule is Cc1ccc2c(oc3cc4ncccc4cc32)c1-c1c2c(cc[n+]1C)C(C)(C)CCC2(C)C. The number of fused-ring (bicyclic) bond motifs is 5. The lowest BCUT2D eigenvalue weighted by molar-refractivity contribution is -0.661. The van der Waals surface area contributed by atoms with Crippen LogP contribution >= 0.6 is 0 Å². The molecule has 0 saturated heterocycles. The van der Waals surface area contributed by atoms with E-state index in [2.05, 4.69) is 93.8 Å². The number of furan rings is 1. The van der Waals surface area contributed by atoms with Crippen molar-refractivity contribution in [2.24, 2.45) is 7.05 Å². The summed E-state index contributed by atoms with van der Waals surface area (Å²) in [7, 11) is 2.17. The molecule has 0 saturated carbocycles. The molecule has 0 amide bonds. The van der Waals surface area contributed by atoms with E-state index in [1.165, 1.54) is 46.2 Å². The summed E-state index contributed by atoms with van der Waals surface area (Å²) < 4.78 is 8.94. The zero-order chi connectivity index (χ0) is 23.1. The van der Waals surface area contributed by atoms with Crippen LogP contribution < -0.4 is 4.57 Å². The standard InChI is InChI=1S/C30H31N2O/c1-18-9-10-20-21-16-19-8-7-14-31-23(19)17-24(21)33-28(20)25(18)27-26-22(11-15-32(27)6)29(2,3)12-13-30(26,4)5/h7-11,14-17H,12-13H2,1-6H3/q+1. The molecule has 0 fully saturated rings.